The van der Waals surface area contributed by atoms with E-state index in [1.165, 1.54) is 7.11 Å². The normalized spacial score (nSPS) is 18.6. The Bertz CT molecular complexity index is 1460. The van der Waals surface area contributed by atoms with Crippen molar-refractivity contribution in [3.05, 3.63) is 35.9 Å². The highest BCUT2D eigenvalue weighted by Crippen LogP contribution is 2.30. The van der Waals surface area contributed by atoms with Gasteiger partial charge in [-0.25, -0.2) is 4.79 Å². The largest absolute Gasteiger partial charge is 0.480 e. The molecule has 0 bridgehead atoms. The quantitative estimate of drug-likeness (QED) is 0.116. The highest BCUT2D eigenvalue weighted by Gasteiger charge is 2.43. The van der Waals surface area contributed by atoms with E-state index in [4.69, 9.17) is 9.47 Å². The van der Waals surface area contributed by atoms with Crippen molar-refractivity contribution in [1.29, 1.82) is 0 Å². The van der Waals surface area contributed by atoms with Crippen molar-refractivity contribution < 1.29 is 38.6 Å². The van der Waals surface area contributed by atoms with E-state index in [-0.39, 0.29) is 48.3 Å². The number of methoxy groups -OCH3 is 2. The van der Waals surface area contributed by atoms with Crippen LogP contribution < -0.4 is 10.6 Å². The highest BCUT2D eigenvalue weighted by atomic mass is 16.5. The van der Waals surface area contributed by atoms with Crippen LogP contribution in [0.15, 0.2) is 30.3 Å². The first-order valence-electron chi connectivity index (χ1n) is 21.6. The third kappa shape index (κ3) is 15.1. The number of likely N-dealkylation sites (tertiary alicyclic amines) is 1. The molecule has 14 heteroatoms. The van der Waals surface area contributed by atoms with Crippen LogP contribution >= 0.6 is 0 Å². The molecule has 1 aliphatic rings. The van der Waals surface area contributed by atoms with Gasteiger partial charge in [0.05, 0.1) is 42.7 Å². The summed E-state index contributed by atoms with van der Waals surface area (Å²) in [6.07, 6.45) is 2.77. The van der Waals surface area contributed by atoms with Crippen molar-refractivity contribution in [3.8, 4) is 0 Å². The standard InChI is InChI=1S/C45H78N6O8/c1-14-31(6)40(50(11)44(55)38(29(2)3)47-43(54)39(30(4)5)49(10)25-19-18-24-48(8)9)36(58-12)28-37(52)51-26-20-23-35(51)41(59-13)32(7)42(53)46-34(45(56)57)27-33-21-16-15-17-22-33/h15-17,21-22,29-32,34-36,38-41H,14,18-20,23-28H2,1-13H3,(H,46,53)(H,47,54)(H,56,57)/t31-,32+,34-,35-,36+,38-,39-,40-,41+/m0/s1. The molecule has 1 aliphatic heterocycles. The van der Waals surface area contributed by atoms with Gasteiger partial charge in [0.25, 0.3) is 0 Å². The van der Waals surface area contributed by atoms with Gasteiger partial charge in [-0.15, -0.1) is 0 Å². The SMILES string of the molecule is CC[C@H](C)[C@@H]([C@@H](CC(=O)N1CCC[C@H]1[C@H](OC)[C@@H](C)C(=O)N[C@@H](Cc1ccccc1)C(=O)O)OC)N(C)C(=O)[C@@H](NC(=O)[C@H](C(C)C)N(C)CCCCN(C)C)C(C)C. The third-order valence-corrected chi connectivity index (χ3v) is 12.1. The lowest BCUT2D eigenvalue weighted by atomic mass is 9.89. The molecule has 1 aromatic rings. The fourth-order valence-electron chi connectivity index (χ4n) is 8.57. The van der Waals surface area contributed by atoms with Crippen molar-refractivity contribution in [2.75, 3.05) is 62.0 Å². The Morgan fingerprint density at radius 2 is 1.49 bits per heavy atom. The summed E-state index contributed by atoms with van der Waals surface area (Å²) in [7, 11) is 10.9. The Balaban J connectivity index is 2.26. The Morgan fingerprint density at radius 3 is 2.02 bits per heavy atom. The second-order valence-electron chi connectivity index (χ2n) is 17.6. The Hall–Kier alpha value is -3.59. The molecule has 0 unspecified atom stereocenters. The van der Waals surface area contributed by atoms with Crippen molar-refractivity contribution in [1.82, 2.24) is 30.2 Å². The molecule has 1 aromatic carbocycles. The minimum Gasteiger partial charge on any atom is -0.480 e. The van der Waals surface area contributed by atoms with E-state index in [1.807, 2.05) is 93.0 Å². The molecule has 9 atom stereocenters. The van der Waals surface area contributed by atoms with Crippen LogP contribution in [0.2, 0.25) is 0 Å². The maximum atomic E-state index is 14.5. The van der Waals surface area contributed by atoms with Crippen LogP contribution in [0.1, 0.15) is 92.6 Å². The summed E-state index contributed by atoms with van der Waals surface area (Å²) in [5, 5.41) is 15.7. The number of hydrogen-bond acceptors (Lipinski definition) is 9. The number of amides is 4. The Kier molecular flexibility index (Phi) is 22.1. The monoisotopic (exact) mass is 831 g/mol. The number of carbonyl (C=O) groups excluding carboxylic acids is 4. The van der Waals surface area contributed by atoms with E-state index in [1.54, 1.807) is 30.9 Å². The third-order valence-electron chi connectivity index (χ3n) is 12.1. The lowest BCUT2D eigenvalue weighted by Gasteiger charge is -2.41. The zero-order valence-electron chi connectivity index (χ0n) is 38.4. The van der Waals surface area contributed by atoms with Gasteiger partial charge in [0, 0.05) is 34.2 Å². The lowest BCUT2D eigenvalue weighted by Crippen LogP contribution is -2.60. The number of likely N-dealkylation sites (N-methyl/N-ethyl adjacent to an activating group) is 2. The van der Waals surface area contributed by atoms with Gasteiger partial charge in [0.1, 0.15) is 12.1 Å². The number of nitrogens with one attached hydrogen (secondary N) is 2. The maximum Gasteiger partial charge on any atom is 0.326 e. The van der Waals surface area contributed by atoms with Crippen molar-refractivity contribution >= 4 is 29.6 Å². The summed E-state index contributed by atoms with van der Waals surface area (Å²) in [4.78, 5) is 76.0. The van der Waals surface area contributed by atoms with Crippen LogP contribution in [-0.2, 0) is 39.9 Å². The maximum absolute atomic E-state index is 14.5. The summed E-state index contributed by atoms with van der Waals surface area (Å²) in [5.41, 5.74) is 0.786. The summed E-state index contributed by atoms with van der Waals surface area (Å²) in [6.45, 7) is 15.9. The molecule has 1 heterocycles. The average Bonchev–Trinajstić information content (AvgIpc) is 3.67. The lowest BCUT2D eigenvalue weighted by molar-refractivity contribution is -0.148. The molecule has 0 radical (unpaired) electrons. The molecule has 0 saturated carbocycles. The number of ether oxygens (including phenoxy) is 2. The molecule has 336 valence electrons. The van der Waals surface area contributed by atoms with Crippen molar-refractivity contribution in [2.24, 2.45) is 23.7 Å². The first-order chi connectivity index (χ1) is 27.8. The van der Waals surface area contributed by atoms with Crippen LogP contribution in [0, 0.1) is 23.7 Å². The minimum atomic E-state index is -1.14. The molecule has 2 rings (SSSR count). The first kappa shape index (κ1) is 51.6. The summed E-state index contributed by atoms with van der Waals surface area (Å²) < 4.78 is 12.0. The molecule has 1 saturated heterocycles. The van der Waals surface area contributed by atoms with E-state index >= 15 is 0 Å². The van der Waals surface area contributed by atoms with Gasteiger partial charge < -0.3 is 39.9 Å². The van der Waals surface area contributed by atoms with Gasteiger partial charge in [0.2, 0.25) is 23.6 Å². The van der Waals surface area contributed by atoms with E-state index in [9.17, 15) is 29.1 Å². The Morgan fingerprint density at radius 1 is 0.864 bits per heavy atom. The predicted octanol–water partition coefficient (Wildman–Crippen LogP) is 4.16. The van der Waals surface area contributed by atoms with Crippen LogP contribution in [0.5, 0.6) is 0 Å². The predicted molar refractivity (Wildman–Crippen MR) is 232 cm³/mol. The number of unbranched alkanes of at least 4 members (excludes halogenated alkanes) is 1. The number of aliphatic carboxylic acids is 1. The van der Waals surface area contributed by atoms with Crippen LogP contribution in [0.25, 0.3) is 0 Å². The number of carboxylic acid groups (broad SMARTS) is 1. The van der Waals surface area contributed by atoms with E-state index in [0.29, 0.717) is 19.4 Å². The van der Waals surface area contributed by atoms with Crippen LogP contribution in [-0.4, -0.2) is 159 Å². The second kappa shape index (κ2) is 25.2. The molecular formula is C45H78N6O8. The van der Waals surface area contributed by atoms with E-state index in [2.05, 4.69) is 20.4 Å². The average molecular weight is 831 g/mol. The molecule has 14 nitrogen and oxygen atoms in total. The van der Waals surface area contributed by atoms with Gasteiger partial charge in [0.15, 0.2) is 0 Å². The smallest absolute Gasteiger partial charge is 0.326 e. The van der Waals surface area contributed by atoms with Crippen molar-refractivity contribution in [3.63, 3.8) is 0 Å². The topological polar surface area (TPSA) is 161 Å². The molecule has 3 N–H and O–H groups in total. The fraction of sp³-hybridized carbons (Fsp3) is 0.756. The minimum absolute atomic E-state index is 0.0124. The molecule has 0 aliphatic carbocycles. The van der Waals surface area contributed by atoms with Gasteiger partial charge in [-0.2, -0.15) is 0 Å². The molecular weight excluding hydrogens is 753 g/mol. The van der Waals surface area contributed by atoms with Gasteiger partial charge in [-0.05, 0) is 83.2 Å². The van der Waals surface area contributed by atoms with E-state index < -0.39 is 60.2 Å². The Labute approximate surface area is 355 Å². The zero-order valence-corrected chi connectivity index (χ0v) is 38.4. The van der Waals surface area contributed by atoms with E-state index in [0.717, 1.165) is 37.9 Å². The summed E-state index contributed by atoms with van der Waals surface area (Å²) >= 11 is 0. The second-order valence-corrected chi connectivity index (χ2v) is 17.6. The van der Waals surface area contributed by atoms with Gasteiger partial charge in [-0.3, -0.25) is 24.1 Å². The summed E-state index contributed by atoms with van der Waals surface area (Å²) in [6, 6.07) is 5.88. The van der Waals surface area contributed by atoms with Crippen LogP contribution in [0.4, 0.5) is 0 Å². The number of benzene rings is 1. The first-order valence-corrected chi connectivity index (χ1v) is 21.6. The molecule has 0 spiro atoms. The van der Waals surface area contributed by atoms with Gasteiger partial charge >= 0.3 is 5.97 Å². The van der Waals surface area contributed by atoms with Gasteiger partial charge in [-0.1, -0.05) is 85.2 Å². The number of carboxylic acids is 1. The van der Waals surface area contributed by atoms with Crippen LogP contribution in [0.3, 0.4) is 0 Å². The molecule has 4 amide bonds. The number of rotatable bonds is 26. The number of nitrogens with zero attached hydrogens (tertiary/aromatic N) is 4. The zero-order chi connectivity index (χ0) is 44.6. The molecule has 59 heavy (non-hydrogen) atoms. The summed E-state index contributed by atoms with van der Waals surface area (Å²) in [5.74, 6) is -3.20. The fourth-order valence-corrected chi connectivity index (χ4v) is 8.57. The highest BCUT2D eigenvalue weighted by molar-refractivity contribution is 5.90. The molecule has 1 fully saturated rings. The van der Waals surface area contributed by atoms with Crippen molar-refractivity contribution in [2.45, 2.75) is 136 Å². The number of carbonyl (C=O) groups is 5. The molecule has 0 aromatic heterocycles. The number of hydrogen-bond donors (Lipinski definition) is 3.